The molecule has 182 valence electrons. The van der Waals surface area contributed by atoms with E-state index in [2.05, 4.69) is 40.6 Å². The zero-order chi connectivity index (χ0) is 24.7. The number of anilines is 1. The number of hydrogen-bond acceptors (Lipinski definition) is 4. The van der Waals surface area contributed by atoms with Crippen molar-refractivity contribution in [2.45, 2.75) is 42.5 Å². The highest BCUT2D eigenvalue weighted by molar-refractivity contribution is 7.89. The lowest BCUT2D eigenvalue weighted by Crippen LogP contribution is -2.42. The molecule has 4 aromatic rings. The van der Waals surface area contributed by atoms with Gasteiger partial charge in [-0.05, 0) is 84.7 Å². The Morgan fingerprint density at radius 3 is 2.25 bits per heavy atom. The van der Waals surface area contributed by atoms with Crippen LogP contribution in [0, 0.1) is 11.3 Å². The molecule has 1 saturated carbocycles. The van der Waals surface area contributed by atoms with E-state index >= 15 is 0 Å². The predicted octanol–water partition coefficient (Wildman–Crippen LogP) is 5.85. The molecule has 1 aliphatic heterocycles. The molecule has 2 heterocycles. The number of aromatic nitrogens is 1. The molecule has 3 aromatic carbocycles. The molecule has 0 spiro atoms. The first-order valence-corrected chi connectivity index (χ1v) is 13.9. The van der Waals surface area contributed by atoms with E-state index in [0.717, 1.165) is 46.5 Å². The normalized spacial score (nSPS) is 17.2. The molecular weight excluding hydrogens is 468 g/mol. The second-order valence-electron chi connectivity index (χ2n) is 9.82. The largest absolute Gasteiger partial charge is 0.382 e. The van der Waals surface area contributed by atoms with Crippen LogP contribution in [0.3, 0.4) is 0 Å². The van der Waals surface area contributed by atoms with Crippen LogP contribution in [0.2, 0.25) is 0 Å². The summed E-state index contributed by atoms with van der Waals surface area (Å²) in [4.78, 5) is 3.41. The number of nitrogens with zero attached hydrogens (tertiary/aromatic N) is 2. The van der Waals surface area contributed by atoms with Crippen LogP contribution in [0.5, 0.6) is 0 Å². The monoisotopic (exact) mass is 496 g/mol. The summed E-state index contributed by atoms with van der Waals surface area (Å²) in [5.41, 5.74) is 5.89. The number of sulfonamides is 1. The van der Waals surface area contributed by atoms with Gasteiger partial charge in [0.25, 0.3) is 0 Å². The first-order valence-electron chi connectivity index (χ1n) is 12.5. The Morgan fingerprint density at radius 2 is 1.58 bits per heavy atom. The lowest BCUT2D eigenvalue weighted by molar-refractivity contribution is 0.330. The number of fused-ring (bicyclic) bond motifs is 1. The van der Waals surface area contributed by atoms with Crippen molar-refractivity contribution >= 4 is 26.6 Å². The van der Waals surface area contributed by atoms with Crippen molar-refractivity contribution in [1.29, 1.82) is 5.26 Å². The van der Waals surface area contributed by atoms with Gasteiger partial charge in [-0.1, -0.05) is 30.3 Å². The summed E-state index contributed by atoms with van der Waals surface area (Å²) in [5.74, 6) is 0.751. The van der Waals surface area contributed by atoms with Crippen molar-refractivity contribution in [2.24, 2.45) is 0 Å². The Labute approximate surface area is 211 Å². The molecule has 6 rings (SSSR count). The summed E-state index contributed by atoms with van der Waals surface area (Å²) in [6.45, 7) is 1.01. The lowest BCUT2D eigenvalue weighted by Gasteiger charge is -2.32. The quantitative estimate of drug-likeness (QED) is 0.350. The Morgan fingerprint density at radius 1 is 0.889 bits per heavy atom. The molecule has 0 radical (unpaired) electrons. The standard InChI is InChI=1S/C29H28N4O2S/c30-18-24-19-31-29-12-7-23(17-28(24)29)22-5-10-27(11-6-22)36(34,35)33-15-13-26(14-16-33)32-25-8-3-21(4-9-25)20-1-2-20/h3-12,17,19-20,26,31-32H,1-2,13-16H2. The minimum absolute atomic E-state index is 0.271. The number of nitriles is 1. The number of rotatable bonds is 6. The van der Waals surface area contributed by atoms with Crippen LogP contribution >= 0.6 is 0 Å². The zero-order valence-electron chi connectivity index (χ0n) is 19.9. The van der Waals surface area contributed by atoms with Gasteiger partial charge in [-0.15, -0.1) is 0 Å². The van der Waals surface area contributed by atoms with Crippen molar-refractivity contribution in [3.05, 3.63) is 84.1 Å². The van der Waals surface area contributed by atoms with Gasteiger partial charge in [-0.25, -0.2) is 8.42 Å². The molecule has 2 fully saturated rings. The Balaban J connectivity index is 1.11. The molecule has 0 atom stereocenters. The van der Waals surface area contributed by atoms with Gasteiger partial charge in [-0.3, -0.25) is 0 Å². The van der Waals surface area contributed by atoms with Crippen LogP contribution in [0.1, 0.15) is 42.7 Å². The Kier molecular flexibility index (Phi) is 5.79. The first-order chi connectivity index (χ1) is 17.5. The second kappa shape index (κ2) is 9.12. The maximum absolute atomic E-state index is 13.3. The maximum Gasteiger partial charge on any atom is 0.243 e. The van der Waals surface area contributed by atoms with E-state index in [1.807, 2.05) is 30.3 Å². The minimum atomic E-state index is -3.54. The summed E-state index contributed by atoms with van der Waals surface area (Å²) < 4.78 is 28.2. The van der Waals surface area contributed by atoms with Crippen LogP contribution in [0.4, 0.5) is 5.69 Å². The summed E-state index contributed by atoms with van der Waals surface area (Å²) in [7, 11) is -3.54. The van der Waals surface area contributed by atoms with Crippen LogP contribution in [0.15, 0.2) is 77.8 Å². The van der Waals surface area contributed by atoms with Crippen LogP contribution in [-0.4, -0.2) is 36.8 Å². The number of benzene rings is 3. The van der Waals surface area contributed by atoms with E-state index in [1.165, 1.54) is 18.4 Å². The molecule has 1 aromatic heterocycles. The second-order valence-corrected chi connectivity index (χ2v) is 11.8. The van der Waals surface area contributed by atoms with E-state index < -0.39 is 10.0 Å². The van der Waals surface area contributed by atoms with E-state index in [9.17, 15) is 13.7 Å². The third-order valence-electron chi connectivity index (χ3n) is 7.41. The van der Waals surface area contributed by atoms with Gasteiger partial charge >= 0.3 is 0 Å². The molecular formula is C29H28N4O2S. The van der Waals surface area contributed by atoms with Gasteiger partial charge in [0.1, 0.15) is 6.07 Å². The molecule has 0 amide bonds. The smallest absolute Gasteiger partial charge is 0.243 e. The lowest BCUT2D eigenvalue weighted by atomic mass is 10.0. The summed E-state index contributed by atoms with van der Waals surface area (Å²) in [6.07, 6.45) is 5.86. The highest BCUT2D eigenvalue weighted by Crippen LogP contribution is 2.40. The average molecular weight is 497 g/mol. The van der Waals surface area contributed by atoms with Gasteiger partial charge in [0, 0.05) is 41.9 Å². The van der Waals surface area contributed by atoms with Crippen molar-refractivity contribution in [2.75, 3.05) is 18.4 Å². The van der Waals surface area contributed by atoms with Crippen LogP contribution in [0.25, 0.3) is 22.0 Å². The third kappa shape index (κ3) is 4.39. The van der Waals surface area contributed by atoms with Gasteiger partial charge in [0.2, 0.25) is 10.0 Å². The Bertz CT molecular complexity index is 1540. The summed E-state index contributed by atoms with van der Waals surface area (Å²) in [6, 6.07) is 24.1. The summed E-state index contributed by atoms with van der Waals surface area (Å²) >= 11 is 0. The highest BCUT2D eigenvalue weighted by Gasteiger charge is 2.29. The maximum atomic E-state index is 13.3. The number of piperidine rings is 1. The minimum Gasteiger partial charge on any atom is -0.382 e. The van der Waals surface area contributed by atoms with E-state index in [4.69, 9.17) is 0 Å². The molecule has 1 aliphatic carbocycles. The topological polar surface area (TPSA) is 89.0 Å². The SMILES string of the molecule is N#Cc1c[nH]c2ccc(-c3ccc(S(=O)(=O)N4CCC(Nc5ccc(C6CC6)cc5)CC4)cc3)cc12. The van der Waals surface area contributed by atoms with Crippen molar-refractivity contribution in [3.8, 4) is 17.2 Å². The van der Waals surface area contributed by atoms with Gasteiger partial charge in [0.15, 0.2) is 0 Å². The van der Waals surface area contributed by atoms with Crippen molar-refractivity contribution in [1.82, 2.24) is 9.29 Å². The third-order valence-corrected chi connectivity index (χ3v) is 9.32. The molecule has 0 bridgehead atoms. The van der Waals surface area contributed by atoms with E-state index in [0.29, 0.717) is 23.5 Å². The van der Waals surface area contributed by atoms with Crippen LogP contribution in [-0.2, 0) is 10.0 Å². The van der Waals surface area contributed by atoms with Gasteiger partial charge in [0.05, 0.1) is 10.5 Å². The fourth-order valence-electron chi connectivity index (χ4n) is 5.11. The molecule has 0 unspecified atom stereocenters. The summed E-state index contributed by atoms with van der Waals surface area (Å²) in [5, 5.41) is 13.8. The molecule has 1 saturated heterocycles. The van der Waals surface area contributed by atoms with Gasteiger partial charge < -0.3 is 10.3 Å². The first kappa shape index (κ1) is 22.8. The van der Waals surface area contributed by atoms with Crippen LogP contribution < -0.4 is 5.32 Å². The molecule has 2 N–H and O–H groups in total. The number of H-pyrrole nitrogens is 1. The van der Waals surface area contributed by atoms with E-state index in [1.54, 1.807) is 22.6 Å². The fourth-order valence-corrected chi connectivity index (χ4v) is 6.58. The molecule has 7 heteroatoms. The average Bonchev–Trinajstić information content (AvgIpc) is 3.68. The van der Waals surface area contributed by atoms with E-state index in [-0.39, 0.29) is 6.04 Å². The molecule has 6 nitrogen and oxygen atoms in total. The predicted molar refractivity (Wildman–Crippen MR) is 142 cm³/mol. The molecule has 2 aliphatic rings. The number of hydrogen-bond donors (Lipinski definition) is 2. The van der Waals surface area contributed by atoms with Gasteiger partial charge in [-0.2, -0.15) is 9.57 Å². The van der Waals surface area contributed by atoms with Crippen molar-refractivity contribution in [3.63, 3.8) is 0 Å². The van der Waals surface area contributed by atoms with Crippen molar-refractivity contribution < 1.29 is 8.42 Å². The Hall–Kier alpha value is -3.60. The number of nitrogens with one attached hydrogen (secondary N) is 2. The molecule has 36 heavy (non-hydrogen) atoms. The number of aromatic amines is 1. The zero-order valence-corrected chi connectivity index (χ0v) is 20.8. The highest BCUT2D eigenvalue weighted by atomic mass is 32.2. The fraction of sp³-hybridized carbons (Fsp3) is 0.276.